The third-order valence-corrected chi connectivity index (χ3v) is 5.20. The van der Waals surface area contributed by atoms with Gasteiger partial charge in [-0.1, -0.05) is 6.07 Å². The van der Waals surface area contributed by atoms with Crippen LogP contribution < -0.4 is 0 Å². The second-order valence-electron chi connectivity index (χ2n) is 3.34. The lowest BCUT2D eigenvalue weighted by molar-refractivity contribution is -0.0660. The summed E-state index contributed by atoms with van der Waals surface area (Å²) in [6, 6.07) is 2.86. The van der Waals surface area contributed by atoms with Crippen molar-refractivity contribution in [2.45, 2.75) is 25.6 Å². The maximum Gasteiger partial charge on any atom is 0.402 e. The Morgan fingerprint density at radius 3 is 2.39 bits per heavy atom. The first-order valence-corrected chi connectivity index (χ1v) is 7.79. The molecule has 0 aliphatic rings. The largest absolute Gasteiger partial charge is 0.402 e. The van der Waals surface area contributed by atoms with Crippen molar-refractivity contribution in [3.05, 3.63) is 22.4 Å². The number of aliphatic hydroxyl groups excluding tert-OH is 1. The van der Waals surface area contributed by atoms with Gasteiger partial charge >= 0.3 is 13.3 Å². The van der Waals surface area contributed by atoms with Crippen LogP contribution in [-0.4, -0.2) is 24.0 Å². The van der Waals surface area contributed by atoms with Crippen molar-refractivity contribution < 1.29 is 27.5 Å². The maximum atomic E-state index is 14.0. The molecule has 1 aromatic heterocycles. The molecule has 104 valence electrons. The summed E-state index contributed by atoms with van der Waals surface area (Å²) in [6.45, 7) is 2.48. The minimum atomic E-state index is -4.70. The second kappa shape index (κ2) is 6.21. The lowest BCUT2D eigenvalue weighted by atomic mass is 10.3. The lowest BCUT2D eigenvalue weighted by Crippen LogP contribution is -2.28. The molecule has 1 aromatic rings. The van der Waals surface area contributed by atoms with Crippen LogP contribution in [0.5, 0.6) is 0 Å². The Kier molecular flexibility index (Phi) is 5.43. The molecular weight excluding hydrogens is 285 g/mol. The highest BCUT2D eigenvalue weighted by Crippen LogP contribution is 2.66. The zero-order valence-corrected chi connectivity index (χ0v) is 11.7. The van der Waals surface area contributed by atoms with Gasteiger partial charge in [0, 0.05) is 4.88 Å². The van der Waals surface area contributed by atoms with Crippen LogP contribution in [0.25, 0.3) is 0 Å². The number of aliphatic hydroxyl groups is 1. The minimum absolute atomic E-state index is 0.0135. The topological polar surface area (TPSA) is 55.8 Å². The van der Waals surface area contributed by atoms with Crippen LogP contribution in [0.4, 0.5) is 8.78 Å². The van der Waals surface area contributed by atoms with Crippen molar-refractivity contribution in [2.75, 3.05) is 13.2 Å². The van der Waals surface area contributed by atoms with Crippen molar-refractivity contribution in [2.24, 2.45) is 0 Å². The SMILES string of the molecule is CCOP(=O)(OCC)C(F)(F)[C@@H](O)c1cccs1. The summed E-state index contributed by atoms with van der Waals surface area (Å²) in [5.74, 6) is 0. The molecule has 0 bridgehead atoms. The van der Waals surface area contributed by atoms with Crippen LogP contribution >= 0.6 is 18.9 Å². The summed E-state index contributed by atoms with van der Waals surface area (Å²) >= 11 is 0.948. The fraction of sp³-hybridized carbons (Fsp3) is 0.600. The highest BCUT2D eigenvalue weighted by atomic mass is 32.1. The average Bonchev–Trinajstić information content (AvgIpc) is 2.81. The van der Waals surface area contributed by atoms with Gasteiger partial charge in [-0.15, -0.1) is 11.3 Å². The molecule has 8 heteroatoms. The molecule has 0 saturated carbocycles. The zero-order valence-electron chi connectivity index (χ0n) is 10.0. The van der Waals surface area contributed by atoms with E-state index < -0.39 is 19.4 Å². The predicted molar refractivity (Wildman–Crippen MR) is 65.1 cm³/mol. The van der Waals surface area contributed by atoms with Crippen molar-refractivity contribution in [3.8, 4) is 0 Å². The van der Waals surface area contributed by atoms with Crippen molar-refractivity contribution in [1.82, 2.24) is 0 Å². The van der Waals surface area contributed by atoms with E-state index in [1.165, 1.54) is 26.0 Å². The number of alkyl halides is 2. The van der Waals surface area contributed by atoms with Gasteiger partial charge in [-0.25, -0.2) is 0 Å². The van der Waals surface area contributed by atoms with Crippen LogP contribution in [0, 0.1) is 0 Å². The van der Waals surface area contributed by atoms with Gasteiger partial charge in [0.15, 0.2) is 6.10 Å². The van der Waals surface area contributed by atoms with Crippen LogP contribution in [0.3, 0.4) is 0 Å². The molecule has 0 fully saturated rings. The number of thiophene rings is 1. The van der Waals surface area contributed by atoms with Crippen LogP contribution in [0.1, 0.15) is 24.8 Å². The van der Waals surface area contributed by atoms with Crippen LogP contribution in [-0.2, 0) is 13.6 Å². The van der Waals surface area contributed by atoms with E-state index >= 15 is 0 Å². The summed E-state index contributed by atoms with van der Waals surface area (Å²) in [6.07, 6.45) is -2.21. The van der Waals surface area contributed by atoms with Gasteiger partial charge in [-0.3, -0.25) is 4.57 Å². The highest BCUT2D eigenvalue weighted by molar-refractivity contribution is 7.55. The molecule has 0 aromatic carbocycles. The van der Waals surface area contributed by atoms with E-state index in [4.69, 9.17) is 0 Å². The average molecular weight is 300 g/mol. The molecular formula is C10H15F2O4PS. The molecule has 0 saturated heterocycles. The van der Waals surface area contributed by atoms with Crippen LogP contribution in [0.15, 0.2) is 17.5 Å². The van der Waals surface area contributed by atoms with Gasteiger partial charge in [0.05, 0.1) is 13.2 Å². The molecule has 0 amide bonds. The quantitative estimate of drug-likeness (QED) is 0.781. The second-order valence-corrected chi connectivity index (χ2v) is 6.43. The summed E-state index contributed by atoms with van der Waals surface area (Å²) < 4.78 is 49.3. The van der Waals surface area contributed by atoms with E-state index in [1.54, 1.807) is 5.38 Å². The Balaban J connectivity index is 3.04. The van der Waals surface area contributed by atoms with E-state index in [9.17, 15) is 18.5 Å². The molecule has 0 spiro atoms. The van der Waals surface area contributed by atoms with Gasteiger partial charge in [0.25, 0.3) is 0 Å². The number of hydrogen-bond acceptors (Lipinski definition) is 5. The number of halogens is 2. The lowest BCUT2D eigenvalue weighted by Gasteiger charge is -2.28. The fourth-order valence-electron chi connectivity index (χ4n) is 1.32. The summed E-state index contributed by atoms with van der Waals surface area (Å²) in [5.41, 5.74) is -3.98. The van der Waals surface area contributed by atoms with E-state index in [0.717, 1.165) is 11.3 Å². The van der Waals surface area contributed by atoms with Crippen LogP contribution in [0.2, 0.25) is 0 Å². The minimum Gasteiger partial charge on any atom is -0.381 e. The predicted octanol–water partition coefficient (Wildman–Crippen LogP) is 3.64. The monoisotopic (exact) mass is 300 g/mol. The molecule has 18 heavy (non-hydrogen) atoms. The smallest absolute Gasteiger partial charge is 0.381 e. The molecule has 0 radical (unpaired) electrons. The van der Waals surface area contributed by atoms with E-state index in [1.807, 2.05) is 0 Å². The Hall–Kier alpha value is -0.330. The first kappa shape index (κ1) is 15.7. The fourth-order valence-corrected chi connectivity index (χ4v) is 3.69. The molecule has 1 N–H and O–H groups in total. The maximum absolute atomic E-state index is 14.0. The molecule has 1 heterocycles. The molecule has 0 aliphatic carbocycles. The number of rotatable bonds is 7. The van der Waals surface area contributed by atoms with Gasteiger partial charge in [-0.05, 0) is 25.3 Å². The van der Waals surface area contributed by atoms with Gasteiger partial charge in [0.2, 0.25) is 0 Å². The van der Waals surface area contributed by atoms with Gasteiger partial charge < -0.3 is 14.2 Å². The summed E-state index contributed by atoms with van der Waals surface area (Å²) in [7, 11) is -4.70. The highest BCUT2D eigenvalue weighted by Gasteiger charge is 2.59. The molecule has 0 aliphatic heterocycles. The Labute approximate surface area is 108 Å². The van der Waals surface area contributed by atoms with Crippen molar-refractivity contribution in [3.63, 3.8) is 0 Å². The van der Waals surface area contributed by atoms with Gasteiger partial charge in [-0.2, -0.15) is 8.78 Å². The molecule has 0 unspecified atom stereocenters. The van der Waals surface area contributed by atoms with E-state index in [0.29, 0.717) is 0 Å². The van der Waals surface area contributed by atoms with Crippen molar-refractivity contribution >= 4 is 18.9 Å². The Morgan fingerprint density at radius 1 is 1.44 bits per heavy atom. The van der Waals surface area contributed by atoms with Gasteiger partial charge in [0.1, 0.15) is 0 Å². The first-order valence-electron chi connectivity index (χ1n) is 5.37. The van der Waals surface area contributed by atoms with Crippen molar-refractivity contribution in [1.29, 1.82) is 0 Å². The number of hydrogen-bond donors (Lipinski definition) is 1. The Bertz CT molecular complexity index is 400. The summed E-state index contributed by atoms with van der Waals surface area (Å²) in [4.78, 5) is 0.0135. The standard InChI is InChI=1S/C10H15F2O4PS/c1-3-15-17(14,16-4-2)10(11,12)9(13)8-6-5-7-18-8/h5-7,9,13H,3-4H2,1-2H3/t9-/m0/s1. The third-order valence-electron chi connectivity index (χ3n) is 2.10. The first-order chi connectivity index (χ1) is 8.39. The zero-order chi connectivity index (χ0) is 13.8. The molecule has 4 nitrogen and oxygen atoms in total. The third kappa shape index (κ3) is 2.97. The molecule has 1 rings (SSSR count). The molecule has 1 atom stereocenters. The normalized spacial score (nSPS) is 14.7. The van der Waals surface area contributed by atoms with E-state index in [2.05, 4.69) is 9.05 Å². The Morgan fingerprint density at radius 2 is 2.00 bits per heavy atom. The van der Waals surface area contributed by atoms with E-state index in [-0.39, 0.29) is 18.1 Å². The summed E-state index contributed by atoms with van der Waals surface area (Å²) in [5, 5.41) is 11.2.